The summed E-state index contributed by atoms with van der Waals surface area (Å²) in [6, 6.07) is 8.60. The number of anilines is 1. The summed E-state index contributed by atoms with van der Waals surface area (Å²) in [7, 11) is -3.68. The van der Waals surface area contributed by atoms with Crippen LogP contribution in [0.4, 0.5) is 5.69 Å². The van der Waals surface area contributed by atoms with E-state index in [1.807, 2.05) is 0 Å². The van der Waals surface area contributed by atoms with Gasteiger partial charge >= 0.3 is 5.97 Å². The van der Waals surface area contributed by atoms with Gasteiger partial charge in [-0.25, -0.2) is 13.2 Å². The van der Waals surface area contributed by atoms with Crippen LogP contribution >= 0.6 is 34.8 Å². The highest BCUT2D eigenvalue weighted by atomic mass is 35.5. The van der Waals surface area contributed by atoms with Crippen molar-refractivity contribution in [3.05, 3.63) is 57.0 Å². The summed E-state index contributed by atoms with van der Waals surface area (Å²) in [6.45, 7) is 3.48. The van der Waals surface area contributed by atoms with Crippen LogP contribution in [0.2, 0.25) is 15.1 Å². The lowest BCUT2D eigenvalue weighted by molar-refractivity contribution is -0.119. The first-order chi connectivity index (χ1) is 14.1. The molecule has 162 valence electrons. The average molecular weight is 494 g/mol. The van der Waals surface area contributed by atoms with Crippen molar-refractivity contribution in [1.29, 1.82) is 0 Å². The highest BCUT2D eigenvalue weighted by molar-refractivity contribution is 7.89. The molecule has 0 aliphatic rings. The zero-order valence-corrected chi connectivity index (χ0v) is 19.2. The number of nitrogens with zero attached hydrogens (tertiary/aromatic N) is 1. The number of esters is 1. The molecule has 0 aliphatic carbocycles. The third-order valence-electron chi connectivity index (χ3n) is 4.04. The van der Waals surface area contributed by atoms with Crippen LogP contribution < -0.4 is 5.32 Å². The fourth-order valence-electron chi connectivity index (χ4n) is 2.56. The third-order valence-corrected chi connectivity index (χ3v) is 7.21. The van der Waals surface area contributed by atoms with Crippen molar-refractivity contribution in [2.45, 2.75) is 18.7 Å². The highest BCUT2D eigenvalue weighted by Crippen LogP contribution is 2.31. The molecule has 0 bridgehead atoms. The predicted octanol–water partition coefficient (Wildman–Crippen LogP) is 4.47. The number of nitrogens with one attached hydrogen (secondary N) is 1. The second-order valence-corrected chi connectivity index (χ2v) is 9.09. The number of halogens is 3. The minimum Gasteiger partial charge on any atom is -0.452 e. The Morgan fingerprint density at radius 1 is 1.03 bits per heavy atom. The van der Waals surface area contributed by atoms with Crippen molar-refractivity contribution in [3.8, 4) is 0 Å². The number of hydrogen-bond donors (Lipinski definition) is 1. The Kier molecular flexibility index (Phi) is 8.52. The van der Waals surface area contributed by atoms with E-state index < -0.39 is 28.5 Å². The van der Waals surface area contributed by atoms with E-state index in [2.05, 4.69) is 5.32 Å². The van der Waals surface area contributed by atoms with Crippen molar-refractivity contribution < 1.29 is 22.7 Å². The Labute approximate surface area is 189 Å². The highest BCUT2D eigenvalue weighted by Gasteiger charge is 2.22. The largest absolute Gasteiger partial charge is 0.452 e. The molecule has 30 heavy (non-hydrogen) atoms. The molecule has 2 aromatic rings. The van der Waals surface area contributed by atoms with E-state index in [0.717, 1.165) is 0 Å². The summed E-state index contributed by atoms with van der Waals surface area (Å²) in [4.78, 5) is 24.4. The number of ether oxygens (including phenoxy) is 1. The summed E-state index contributed by atoms with van der Waals surface area (Å²) >= 11 is 17.8. The molecule has 0 unspecified atom stereocenters. The molecule has 2 rings (SSSR count). The van der Waals surface area contributed by atoms with Crippen molar-refractivity contribution in [1.82, 2.24) is 4.31 Å². The van der Waals surface area contributed by atoms with Gasteiger partial charge in [0.15, 0.2) is 6.61 Å². The van der Waals surface area contributed by atoms with E-state index in [1.165, 1.54) is 40.7 Å². The van der Waals surface area contributed by atoms with Crippen molar-refractivity contribution in [2.75, 3.05) is 25.0 Å². The maximum absolute atomic E-state index is 12.6. The molecule has 7 nitrogen and oxygen atoms in total. The van der Waals surface area contributed by atoms with Gasteiger partial charge in [-0.05, 0) is 30.3 Å². The van der Waals surface area contributed by atoms with Gasteiger partial charge in [-0.1, -0.05) is 54.7 Å². The van der Waals surface area contributed by atoms with Gasteiger partial charge in [-0.2, -0.15) is 4.31 Å². The van der Waals surface area contributed by atoms with Crippen LogP contribution in [0.25, 0.3) is 0 Å². The topological polar surface area (TPSA) is 92.8 Å². The summed E-state index contributed by atoms with van der Waals surface area (Å²) in [5.41, 5.74) is 0.0917. The molecule has 1 amide bonds. The average Bonchev–Trinajstić information content (AvgIpc) is 2.70. The lowest BCUT2D eigenvalue weighted by Crippen LogP contribution is -2.30. The Hall–Kier alpha value is -1.84. The van der Waals surface area contributed by atoms with Crippen LogP contribution in [-0.2, 0) is 19.6 Å². The van der Waals surface area contributed by atoms with Gasteiger partial charge in [-0.3, -0.25) is 4.79 Å². The van der Waals surface area contributed by atoms with Crippen LogP contribution in [0.5, 0.6) is 0 Å². The Bertz CT molecular complexity index is 1060. The van der Waals surface area contributed by atoms with Gasteiger partial charge in [0.25, 0.3) is 5.91 Å². The molecule has 0 aliphatic heterocycles. The Morgan fingerprint density at radius 3 is 2.30 bits per heavy atom. The maximum Gasteiger partial charge on any atom is 0.341 e. The quantitative estimate of drug-likeness (QED) is 0.432. The van der Waals surface area contributed by atoms with E-state index in [4.69, 9.17) is 39.5 Å². The first-order valence-electron chi connectivity index (χ1n) is 8.82. The summed E-state index contributed by atoms with van der Waals surface area (Å²) in [5, 5.41) is 2.55. The van der Waals surface area contributed by atoms with Crippen LogP contribution in [-0.4, -0.2) is 44.3 Å². The fourth-order valence-corrected chi connectivity index (χ4v) is 4.75. The molecule has 0 atom stereocenters. The lowest BCUT2D eigenvalue weighted by atomic mass is 10.2. The van der Waals surface area contributed by atoms with Crippen molar-refractivity contribution >= 4 is 62.4 Å². The second kappa shape index (κ2) is 10.5. The number of rotatable bonds is 8. The number of benzene rings is 2. The van der Waals surface area contributed by atoms with Crippen LogP contribution in [0.3, 0.4) is 0 Å². The van der Waals surface area contributed by atoms with Crippen LogP contribution in [0, 0.1) is 0 Å². The fraction of sp³-hybridized carbons (Fsp3) is 0.263. The zero-order valence-electron chi connectivity index (χ0n) is 16.1. The SMILES string of the molecule is CCN(CC)S(=O)(=O)c1cccc(NC(=O)COC(=O)c2c(Cl)ccc(Cl)c2Cl)c1. The molecular weight excluding hydrogens is 475 g/mol. The van der Waals surface area contributed by atoms with Gasteiger partial charge < -0.3 is 10.1 Å². The molecule has 1 N–H and O–H groups in total. The Morgan fingerprint density at radius 2 is 1.67 bits per heavy atom. The second-order valence-electron chi connectivity index (χ2n) is 5.96. The van der Waals surface area contributed by atoms with E-state index in [-0.39, 0.29) is 31.2 Å². The first-order valence-corrected chi connectivity index (χ1v) is 11.4. The number of carbonyl (C=O) groups excluding carboxylic acids is 2. The monoisotopic (exact) mass is 492 g/mol. The van der Waals surface area contributed by atoms with Gasteiger partial charge in [0.1, 0.15) is 0 Å². The van der Waals surface area contributed by atoms with Gasteiger partial charge in [-0.15, -0.1) is 0 Å². The minimum atomic E-state index is -3.68. The van der Waals surface area contributed by atoms with Gasteiger partial charge in [0.2, 0.25) is 10.0 Å². The molecule has 11 heteroatoms. The number of hydrogen-bond acceptors (Lipinski definition) is 5. The summed E-state index contributed by atoms with van der Waals surface area (Å²) in [6.07, 6.45) is 0. The lowest BCUT2D eigenvalue weighted by Gasteiger charge is -2.18. The normalized spacial score (nSPS) is 11.4. The number of sulfonamides is 1. The van der Waals surface area contributed by atoms with E-state index in [9.17, 15) is 18.0 Å². The molecule has 2 aromatic carbocycles. The van der Waals surface area contributed by atoms with Gasteiger partial charge in [0.05, 0.1) is 25.5 Å². The first kappa shape index (κ1) is 24.4. The van der Waals surface area contributed by atoms with Gasteiger partial charge in [0, 0.05) is 18.8 Å². The number of carbonyl (C=O) groups is 2. The standard InChI is InChI=1S/C19H19Cl3N2O5S/c1-3-24(4-2)30(27,28)13-7-5-6-12(10-13)23-16(25)11-29-19(26)17-14(20)8-9-15(21)18(17)22/h5-10H,3-4,11H2,1-2H3,(H,23,25). The molecule has 0 saturated carbocycles. The van der Waals surface area contributed by atoms with Crippen molar-refractivity contribution in [3.63, 3.8) is 0 Å². The van der Waals surface area contributed by atoms with Crippen molar-refractivity contribution in [2.24, 2.45) is 0 Å². The molecule has 0 spiro atoms. The molecule has 0 fully saturated rings. The molecule has 0 radical (unpaired) electrons. The predicted molar refractivity (Wildman–Crippen MR) is 117 cm³/mol. The molecule has 0 aromatic heterocycles. The van der Waals surface area contributed by atoms with Crippen LogP contribution in [0.15, 0.2) is 41.3 Å². The smallest absolute Gasteiger partial charge is 0.341 e. The molecular formula is C19H19Cl3N2O5S. The maximum atomic E-state index is 12.6. The summed E-state index contributed by atoms with van der Waals surface area (Å²) in [5.74, 6) is -1.59. The third kappa shape index (κ3) is 5.65. The summed E-state index contributed by atoms with van der Waals surface area (Å²) < 4.78 is 31.5. The van der Waals surface area contributed by atoms with Crippen LogP contribution in [0.1, 0.15) is 24.2 Å². The van der Waals surface area contributed by atoms with E-state index >= 15 is 0 Å². The minimum absolute atomic E-state index is 0.0316. The van der Waals surface area contributed by atoms with E-state index in [0.29, 0.717) is 13.1 Å². The molecule has 0 saturated heterocycles. The zero-order chi connectivity index (χ0) is 22.5. The molecule has 0 heterocycles. The number of amides is 1. The van der Waals surface area contributed by atoms with E-state index in [1.54, 1.807) is 13.8 Å². The Balaban J connectivity index is 2.08.